The molecule has 2 aliphatic carbocycles. The molecule has 0 aromatic heterocycles. The molecule has 6 rings (SSSR count). The Bertz CT molecular complexity index is 1590. The SMILES string of the molecule is Cl.Cl.[CH2]=[Zr]([C]1=CC=CC1)[c]1cc(C(C)(C)C)cc2c1Cc1ccc(C(C)(C)C)cc1-2.c1ccc(CCc2ccccc2)cc1. The monoisotopic (exact) mass is 700 g/mol. The van der Waals surface area contributed by atoms with Crippen molar-refractivity contribution in [1.82, 2.24) is 0 Å². The van der Waals surface area contributed by atoms with Gasteiger partial charge in [-0.05, 0) is 24.0 Å². The third-order valence-electron chi connectivity index (χ3n) is 8.62. The van der Waals surface area contributed by atoms with E-state index in [0.29, 0.717) is 0 Å². The zero-order chi connectivity index (χ0) is 29.9. The van der Waals surface area contributed by atoms with Crippen LogP contribution in [0.5, 0.6) is 0 Å². The molecule has 0 nitrogen and oxygen atoms in total. The summed E-state index contributed by atoms with van der Waals surface area (Å²) in [6.07, 6.45) is 11.3. The summed E-state index contributed by atoms with van der Waals surface area (Å²) in [4.78, 5) is 0. The molecule has 0 unspecified atom stereocenters. The van der Waals surface area contributed by atoms with Crippen LogP contribution in [0, 0.1) is 0 Å². The van der Waals surface area contributed by atoms with Gasteiger partial charge in [-0.2, -0.15) is 0 Å². The standard InChI is InChI=1S/C21H25.C14H14.C5H5.CH2.2ClH.Zr/c1-20(2,3)16-9-7-14-11-15-8-10-17(21(4,5)6)13-19(15)18(14)12-16;1-3-7-13(8-4-1)11-12-14-9-5-2-6-10-14;1-2-4-5-3-1;;;;/h7,9-10,12-13H,11H2,1-6H3;1-10H,11-12H2;1-3H,4H2;1H2;2*1H;. The Labute approximate surface area is 286 Å². The molecule has 0 aliphatic heterocycles. The largest absolute Gasteiger partial charge is 0.0622 e. The van der Waals surface area contributed by atoms with Crippen molar-refractivity contribution in [3.05, 3.63) is 146 Å². The topological polar surface area (TPSA) is 0 Å². The summed E-state index contributed by atoms with van der Waals surface area (Å²) < 4.78 is 8.04. The van der Waals surface area contributed by atoms with Gasteiger partial charge in [0.15, 0.2) is 0 Å². The zero-order valence-electron chi connectivity index (χ0n) is 27.2. The molecular weight excluding hydrogens is 655 g/mol. The predicted molar refractivity (Wildman–Crippen MR) is 195 cm³/mol. The Morgan fingerprint density at radius 1 is 0.659 bits per heavy atom. The summed E-state index contributed by atoms with van der Waals surface area (Å²) in [5.41, 5.74) is 12.1. The molecule has 0 N–H and O–H groups in total. The van der Waals surface area contributed by atoms with Gasteiger partial charge in [0.05, 0.1) is 0 Å². The number of benzene rings is 4. The van der Waals surface area contributed by atoms with Crippen LogP contribution < -0.4 is 3.27 Å². The van der Waals surface area contributed by atoms with E-state index in [1.54, 1.807) is 12.1 Å². The van der Waals surface area contributed by atoms with Crippen LogP contribution in [-0.4, -0.2) is 4.21 Å². The Hall–Kier alpha value is -2.31. The van der Waals surface area contributed by atoms with E-state index in [-0.39, 0.29) is 35.6 Å². The van der Waals surface area contributed by atoms with E-state index in [2.05, 4.69) is 151 Å². The summed E-state index contributed by atoms with van der Waals surface area (Å²) in [6, 6.07) is 33.4. The van der Waals surface area contributed by atoms with E-state index in [4.69, 9.17) is 4.21 Å². The minimum atomic E-state index is -2.06. The average molecular weight is 703 g/mol. The van der Waals surface area contributed by atoms with Gasteiger partial charge in [-0.15, -0.1) is 24.8 Å². The Morgan fingerprint density at radius 2 is 1.20 bits per heavy atom. The van der Waals surface area contributed by atoms with E-state index < -0.39 is 21.3 Å². The maximum Gasteiger partial charge on any atom is -0.0238 e. The third-order valence-corrected chi connectivity index (χ3v) is 14.1. The van der Waals surface area contributed by atoms with E-state index in [9.17, 15) is 0 Å². The second-order valence-electron chi connectivity index (χ2n) is 13.9. The van der Waals surface area contributed by atoms with Gasteiger partial charge >= 0.3 is 179 Å². The van der Waals surface area contributed by atoms with Crippen molar-refractivity contribution in [3.8, 4) is 11.1 Å². The molecule has 0 amide bonds. The van der Waals surface area contributed by atoms with Gasteiger partial charge in [-0.3, -0.25) is 0 Å². The second kappa shape index (κ2) is 15.3. The number of aryl methyl sites for hydroxylation is 2. The molecule has 0 bridgehead atoms. The van der Waals surface area contributed by atoms with Crippen molar-refractivity contribution < 1.29 is 21.3 Å². The molecule has 0 radical (unpaired) electrons. The summed E-state index contributed by atoms with van der Waals surface area (Å²) in [7, 11) is 0. The second-order valence-corrected chi connectivity index (χ2v) is 19.1. The smallest absolute Gasteiger partial charge is 0.0238 e. The van der Waals surface area contributed by atoms with Gasteiger partial charge in [0.2, 0.25) is 0 Å². The first-order valence-electron chi connectivity index (χ1n) is 15.4. The number of hydrogen-bond acceptors (Lipinski definition) is 0. The predicted octanol–water partition coefficient (Wildman–Crippen LogP) is 10.7. The summed E-state index contributed by atoms with van der Waals surface area (Å²) in [5.74, 6) is 0. The van der Waals surface area contributed by atoms with Crippen LogP contribution in [0.1, 0.15) is 81.3 Å². The third kappa shape index (κ3) is 8.69. The van der Waals surface area contributed by atoms with Crippen LogP contribution in [0.3, 0.4) is 0 Å². The van der Waals surface area contributed by atoms with Crippen LogP contribution in [0.15, 0.2) is 113 Å². The molecule has 0 spiro atoms. The van der Waals surface area contributed by atoms with Gasteiger partial charge in [0, 0.05) is 0 Å². The molecular formula is C41H48Cl2Zr. The molecule has 44 heavy (non-hydrogen) atoms. The first kappa shape index (κ1) is 36.2. The summed E-state index contributed by atoms with van der Waals surface area (Å²) in [5, 5.41) is 0. The maximum absolute atomic E-state index is 4.80. The van der Waals surface area contributed by atoms with Crippen molar-refractivity contribution >= 4 is 32.3 Å². The summed E-state index contributed by atoms with van der Waals surface area (Å²) >= 11 is -2.06. The number of rotatable bonds is 5. The fourth-order valence-corrected chi connectivity index (χ4v) is 10.6. The summed E-state index contributed by atoms with van der Waals surface area (Å²) in [6.45, 7) is 13.9. The van der Waals surface area contributed by atoms with E-state index in [1.165, 1.54) is 38.9 Å². The molecule has 230 valence electrons. The Kier molecular flexibility index (Phi) is 12.6. The Morgan fingerprint density at radius 3 is 1.70 bits per heavy atom. The number of fused-ring (bicyclic) bond motifs is 3. The maximum atomic E-state index is 4.80. The zero-order valence-corrected chi connectivity index (χ0v) is 31.3. The van der Waals surface area contributed by atoms with Crippen LogP contribution in [0.25, 0.3) is 11.1 Å². The Balaban J connectivity index is 0.000000280. The van der Waals surface area contributed by atoms with Crippen LogP contribution in [0.4, 0.5) is 0 Å². The van der Waals surface area contributed by atoms with E-state index in [0.717, 1.165) is 25.7 Å². The molecule has 0 saturated carbocycles. The quantitative estimate of drug-likeness (QED) is 0.171. The minimum absolute atomic E-state index is 0. The van der Waals surface area contributed by atoms with Crippen molar-refractivity contribution in [2.45, 2.75) is 78.1 Å². The van der Waals surface area contributed by atoms with Gasteiger partial charge in [-0.1, -0.05) is 60.7 Å². The number of hydrogen-bond donors (Lipinski definition) is 0. The minimum Gasteiger partial charge on any atom is -0.0622 e. The molecule has 3 heteroatoms. The van der Waals surface area contributed by atoms with Crippen LogP contribution in [-0.2, 0) is 51.4 Å². The number of halogens is 2. The molecule has 4 aromatic rings. The number of allylic oxidation sites excluding steroid dienone is 4. The van der Waals surface area contributed by atoms with Gasteiger partial charge in [0.25, 0.3) is 0 Å². The van der Waals surface area contributed by atoms with Crippen molar-refractivity contribution in [2.24, 2.45) is 0 Å². The van der Waals surface area contributed by atoms with Crippen molar-refractivity contribution in [1.29, 1.82) is 0 Å². The molecule has 2 aliphatic rings. The van der Waals surface area contributed by atoms with Crippen LogP contribution >= 0.6 is 24.8 Å². The fourth-order valence-electron chi connectivity index (χ4n) is 5.87. The molecule has 0 saturated heterocycles. The molecule has 4 aromatic carbocycles. The molecule has 0 atom stereocenters. The molecule has 0 fully saturated rings. The van der Waals surface area contributed by atoms with Crippen molar-refractivity contribution in [2.75, 3.05) is 0 Å². The first-order chi connectivity index (χ1) is 20.0. The normalized spacial score (nSPS) is 13.0. The fraction of sp³-hybridized carbons (Fsp3) is 0.293. The van der Waals surface area contributed by atoms with E-state index in [1.807, 2.05) is 0 Å². The average Bonchev–Trinajstić information content (AvgIpc) is 3.64. The van der Waals surface area contributed by atoms with E-state index >= 15 is 0 Å². The molecule has 0 heterocycles. The first-order valence-corrected chi connectivity index (χ1v) is 19.6. The van der Waals surface area contributed by atoms with Gasteiger partial charge in [-0.25, -0.2) is 0 Å². The van der Waals surface area contributed by atoms with Crippen molar-refractivity contribution in [3.63, 3.8) is 0 Å². The van der Waals surface area contributed by atoms with Crippen LogP contribution in [0.2, 0.25) is 0 Å². The van der Waals surface area contributed by atoms with Gasteiger partial charge < -0.3 is 0 Å². The van der Waals surface area contributed by atoms with Gasteiger partial charge in [0.1, 0.15) is 0 Å².